The Morgan fingerprint density at radius 2 is 1.79 bits per heavy atom. The lowest BCUT2D eigenvalue weighted by Crippen LogP contribution is -2.13. The number of nitrogens with one attached hydrogen (secondary N) is 1. The minimum Gasteiger partial charge on any atom is -0.494 e. The van der Waals surface area contributed by atoms with E-state index in [1.807, 2.05) is 30.3 Å². The lowest BCUT2D eigenvalue weighted by molar-refractivity contribution is 0.102. The van der Waals surface area contributed by atoms with Gasteiger partial charge in [-0.05, 0) is 47.4 Å². The number of ether oxygens (including phenoxy) is 1. The summed E-state index contributed by atoms with van der Waals surface area (Å²) in [5.41, 5.74) is 3.85. The van der Waals surface area contributed by atoms with Gasteiger partial charge >= 0.3 is 0 Å². The van der Waals surface area contributed by atoms with Crippen molar-refractivity contribution in [1.29, 1.82) is 0 Å². The Labute approximate surface area is 170 Å². The summed E-state index contributed by atoms with van der Waals surface area (Å²) in [5, 5.41) is 3.35. The molecule has 28 heavy (non-hydrogen) atoms. The van der Waals surface area contributed by atoms with E-state index >= 15 is 0 Å². The van der Waals surface area contributed by atoms with Crippen LogP contribution in [0.4, 0.5) is 5.69 Å². The van der Waals surface area contributed by atoms with Gasteiger partial charge in [0.1, 0.15) is 11.4 Å². The second kappa shape index (κ2) is 8.03. The largest absolute Gasteiger partial charge is 0.494 e. The van der Waals surface area contributed by atoms with Crippen LogP contribution in [0, 0.1) is 0 Å². The molecule has 0 saturated carbocycles. The van der Waals surface area contributed by atoms with Crippen LogP contribution in [0.15, 0.2) is 60.8 Å². The lowest BCUT2D eigenvalue weighted by Gasteiger charge is -2.19. The maximum atomic E-state index is 12.6. The van der Waals surface area contributed by atoms with Crippen molar-refractivity contribution < 1.29 is 9.53 Å². The van der Waals surface area contributed by atoms with Gasteiger partial charge in [0.05, 0.1) is 12.1 Å². The van der Waals surface area contributed by atoms with Crippen LogP contribution in [-0.4, -0.2) is 18.0 Å². The number of rotatable bonds is 4. The molecule has 1 N–H and O–H groups in total. The first-order valence-corrected chi connectivity index (χ1v) is 9.38. The number of amides is 1. The van der Waals surface area contributed by atoms with Gasteiger partial charge in [0.25, 0.3) is 5.91 Å². The molecule has 0 saturated heterocycles. The van der Waals surface area contributed by atoms with E-state index in [-0.39, 0.29) is 11.3 Å². The molecule has 4 nitrogen and oxygen atoms in total. The molecule has 0 aliphatic heterocycles. The van der Waals surface area contributed by atoms with Crippen molar-refractivity contribution in [1.82, 2.24) is 4.98 Å². The lowest BCUT2D eigenvalue weighted by atomic mass is 9.87. The quantitative estimate of drug-likeness (QED) is 0.593. The first-order chi connectivity index (χ1) is 13.3. The summed E-state index contributed by atoms with van der Waals surface area (Å²) in [4.78, 5) is 16.9. The Balaban J connectivity index is 1.81. The average molecular weight is 395 g/mol. The van der Waals surface area contributed by atoms with Crippen LogP contribution < -0.4 is 10.1 Å². The highest BCUT2D eigenvalue weighted by Crippen LogP contribution is 2.33. The molecule has 1 heterocycles. The first kappa shape index (κ1) is 19.9. The zero-order chi connectivity index (χ0) is 20.3. The van der Waals surface area contributed by atoms with Gasteiger partial charge in [-0.3, -0.25) is 9.78 Å². The van der Waals surface area contributed by atoms with E-state index in [0.717, 1.165) is 5.69 Å². The standard InChI is InChI=1S/C23H23ClN2O2/c1-23(2,3)16-8-10-17(11-9-16)26-22(27)15-7-12-18(19(24)14-15)21-20(28-4)6-5-13-25-21/h5-14H,1-4H3,(H,26,27). The SMILES string of the molecule is COc1cccnc1-c1ccc(C(=O)Nc2ccc(C(C)(C)C)cc2)cc1Cl. The molecular formula is C23H23ClN2O2. The fourth-order valence-corrected chi connectivity index (χ4v) is 3.13. The molecule has 2 aromatic carbocycles. The van der Waals surface area contributed by atoms with E-state index in [2.05, 4.69) is 31.1 Å². The Hall–Kier alpha value is -2.85. The second-order valence-electron chi connectivity index (χ2n) is 7.53. The van der Waals surface area contributed by atoms with Gasteiger partial charge in [0.15, 0.2) is 0 Å². The van der Waals surface area contributed by atoms with Gasteiger partial charge in [-0.15, -0.1) is 0 Å². The third-order valence-corrected chi connectivity index (χ3v) is 4.80. The number of nitrogens with zero attached hydrogens (tertiary/aromatic N) is 1. The van der Waals surface area contributed by atoms with Crippen LogP contribution in [0.5, 0.6) is 5.75 Å². The summed E-state index contributed by atoms with van der Waals surface area (Å²) in [6.07, 6.45) is 1.68. The summed E-state index contributed by atoms with van der Waals surface area (Å²) in [6.45, 7) is 6.46. The van der Waals surface area contributed by atoms with Crippen LogP contribution in [0.25, 0.3) is 11.3 Å². The molecule has 1 amide bonds. The minimum absolute atomic E-state index is 0.0679. The van der Waals surface area contributed by atoms with Gasteiger partial charge in [-0.1, -0.05) is 50.6 Å². The van der Waals surface area contributed by atoms with E-state index in [0.29, 0.717) is 27.6 Å². The number of carbonyl (C=O) groups is 1. The zero-order valence-corrected chi connectivity index (χ0v) is 17.2. The maximum absolute atomic E-state index is 12.6. The smallest absolute Gasteiger partial charge is 0.255 e. The summed E-state index contributed by atoms with van der Waals surface area (Å²) in [5.74, 6) is 0.408. The molecule has 144 valence electrons. The molecule has 0 bridgehead atoms. The highest BCUT2D eigenvalue weighted by molar-refractivity contribution is 6.33. The molecule has 0 radical (unpaired) electrons. The van der Waals surface area contributed by atoms with Crippen molar-refractivity contribution in [2.24, 2.45) is 0 Å². The monoisotopic (exact) mass is 394 g/mol. The molecule has 0 aliphatic rings. The van der Waals surface area contributed by atoms with Gasteiger partial charge in [-0.2, -0.15) is 0 Å². The van der Waals surface area contributed by atoms with Crippen molar-refractivity contribution in [3.63, 3.8) is 0 Å². The molecule has 3 rings (SSSR count). The number of aromatic nitrogens is 1. The van der Waals surface area contributed by atoms with Crippen LogP contribution in [0.2, 0.25) is 5.02 Å². The molecule has 0 spiro atoms. The maximum Gasteiger partial charge on any atom is 0.255 e. The van der Waals surface area contributed by atoms with Crippen LogP contribution in [-0.2, 0) is 5.41 Å². The number of hydrogen-bond acceptors (Lipinski definition) is 3. The average Bonchev–Trinajstić information content (AvgIpc) is 2.67. The van der Waals surface area contributed by atoms with Crippen molar-refractivity contribution in [2.45, 2.75) is 26.2 Å². The third-order valence-electron chi connectivity index (χ3n) is 4.49. The van der Waals surface area contributed by atoms with E-state index in [4.69, 9.17) is 16.3 Å². The van der Waals surface area contributed by atoms with Crippen LogP contribution >= 0.6 is 11.6 Å². The van der Waals surface area contributed by atoms with Crippen LogP contribution in [0.1, 0.15) is 36.7 Å². The zero-order valence-electron chi connectivity index (χ0n) is 16.4. The van der Waals surface area contributed by atoms with Crippen LogP contribution in [0.3, 0.4) is 0 Å². The number of halogens is 1. The number of anilines is 1. The molecule has 0 aliphatic carbocycles. The topological polar surface area (TPSA) is 51.2 Å². The molecule has 1 aromatic heterocycles. The van der Waals surface area contributed by atoms with E-state index in [9.17, 15) is 4.79 Å². The number of hydrogen-bond donors (Lipinski definition) is 1. The molecule has 3 aromatic rings. The summed E-state index contributed by atoms with van der Waals surface area (Å²) in [7, 11) is 1.58. The molecule has 0 fully saturated rings. The minimum atomic E-state index is -0.218. The van der Waals surface area contributed by atoms with Gasteiger partial charge in [0, 0.05) is 23.0 Å². The third kappa shape index (κ3) is 4.34. The normalized spacial score (nSPS) is 11.2. The predicted octanol–water partition coefficient (Wildman–Crippen LogP) is 5.96. The summed E-state index contributed by atoms with van der Waals surface area (Å²) in [6, 6.07) is 16.6. The fourth-order valence-electron chi connectivity index (χ4n) is 2.86. The van der Waals surface area contributed by atoms with E-state index in [1.165, 1.54) is 5.56 Å². The predicted molar refractivity (Wildman–Crippen MR) is 114 cm³/mol. The Kier molecular flexibility index (Phi) is 5.71. The highest BCUT2D eigenvalue weighted by Gasteiger charge is 2.15. The fraction of sp³-hybridized carbons (Fsp3) is 0.217. The van der Waals surface area contributed by atoms with E-state index in [1.54, 1.807) is 37.6 Å². The number of methoxy groups -OCH3 is 1. The highest BCUT2D eigenvalue weighted by atomic mass is 35.5. The van der Waals surface area contributed by atoms with Crippen molar-refractivity contribution >= 4 is 23.2 Å². The second-order valence-corrected chi connectivity index (χ2v) is 7.94. The van der Waals surface area contributed by atoms with Crippen molar-refractivity contribution in [2.75, 3.05) is 12.4 Å². The van der Waals surface area contributed by atoms with Crippen molar-refractivity contribution in [3.05, 3.63) is 76.9 Å². The molecule has 0 unspecified atom stereocenters. The molecule has 0 atom stereocenters. The Bertz CT molecular complexity index is 992. The number of pyridine rings is 1. The molecule has 5 heteroatoms. The molecular weight excluding hydrogens is 372 g/mol. The van der Waals surface area contributed by atoms with Gasteiger partial charge < -0.3 is 10.1 Å². The first-order valence-electron chi connectivity index (χ1n) is 9.00. The summed E-state index contributed by atoms with van der Waals surface area (Å²) >= 11 is 6.44. The number of carbonyl (C=O) groups excluding carboxylic acids is 1. The Morgan fingerprint density at radius 3 is 2.39 bits per heavy atom. The number of benzene rings is 2. The van der Waals surface area contributed by atoms with Crippen molar-refractivity contribution in [3.8, 4) is 17.0 Å². The van der Waals surface area contributed by atoms with Gasteiger partial charge in [-0.25, -0.2) is 0 Å². The van der Waals surface area contributed by atoms with E-state index < -0.39 is 0 Å². The van der Waals surface area contributed by atoms with Gasteiger partial charge in [0.2, 0.25) is 0 Å². The summed E-state index contributed by atoms with van der Waals surface area (Å²) < 4.78 is 5.34. The Morgan fingerprint density at radius 1 is 1.07 bits per heavy atom.